The van der Waals surface area contributed by atoms with Crippen molar-refractivity contribution in [3.63, 3.8) is 0 Å². The number of nitrogens with zero attached hydrogens (tertiary/aromatic N) is 1. The van der Waals surface area contributed by atoms with Gasteiger partial charge in [-0.3, -0.25) is 4.90 Å². The topological polar surface area (TPSA) is 44.7 Å². The highest BCUT2D eigenvalue weighted by Gasteiger charge is 2.01. The number of thioether (sulfide) groups is 1. The maximum atomic E-state index is 8.88. The quantitative estimate of drug-likeness (QED) is 0.421. The lowest BCUT2D eigenvalue weighted by Gasteiger charge is -2.19. The molecular formula is C13H28N2O2S. The molecule has 0 aliphatic carbocycles. The van der Waals surface area contributed by atoms with E-state index in [4.69, 9.17) is 9.84 Å². The Balaban J connectivity index is 3.77. The molecule has 0 saturated heterocycles. The van der Waals surface area contributed by atoms with Gasteiger partial charge in [-0.15, -0.1) is 11.8 Å². The number of hydrogen-bond donors (Lipinski definition) is 2. The van der Waals surface area contributed by atoms with Crippen molar-refractivity contribution in [2.45, 2.75) is 26.2 Å². The van der Waals surface area contributed by atoms with Crippen molar-refractivity contribution < 1.29 is 9.84 Å². The summed E-state index contributed by atoms with van der Waals surface area (Å²) in [6.45, 7) is 5.43. The minimum atomic E-state index is 0.196. The number of rotatable bonds is 12. The Morgan fingerprint density at radius 3 is 2.78 bits per heavy atom. The number of unbranched alkanes of at least 4 members (excludes halogenated alkanes) is 1. The molecule has 0 fully saturated rings. The highest BCUT2D eigenvalue weighted by Crippen LogP contribution is 2.10. The van der Waals surface area contributed by atoms with Crippen LogP contribution in [0, 0.1) is 0 Å². The molecule has 0 radical (unpaired) electrons. The third kappa shape index (κ3) is 9.76. The first-order chi connectivity index (χ1) is 8.78. The van der Waals surface area contributed by atoms with Crippen molar-refractivity contribution in [2.24, 2.45) is 0 Å². The first-order valence-electron chi connectivity index (χ1n) is 6.59. The van der Waals surface area contributed by atoms with E-state index in [-0.39, 0.29) is 6.61 Å². The number of methoxy groups -OCH3 is 1. The number of hydrogen-bond acceptors (Lipinski definition) is 5. The molecule has 0 aliphatic heterocycles. The minimum Gasteiger partial charge on any atom is -0.396 e. The number of aliphatic hydroxyl groups excluding tert-OH is 1. The van der Waals surface area contributed by atoms with Crippen molar-refractivity contribution >= 4 is 11.8 Å². The first-order valence-corrected chi connectivity index (χ1v) is 7.63. The molecule has 2 N–H and O–H groups in total. The second-order valence-corrected chi connectivity index (χ2v) is 4.90. The largest absolute Gasteiger partial charge is 0.396 e. The fraction of sp³-hybridized carbons (Fsp3) is 0.846. The zero-order valence-corrected chi connectivity index (χ0v) is 12.8. The molecule has 0 aromatic rings. The Morgan fingerprint density at radius 2 is 2.22 bits per heavy atom. The Bertz CT molecular complexity index is 213. The van der Waals surface area contributed by atoms with E-state index in [1.165, 1.54) is 6.42 Å². The van der Waals surface area contributed by atoms with Gasteiger partial charge in [-0.25, -0.2) is 0 Å². The average Bonchev–Trinajstić information content (AvgIpc) is 2.40. The van der Waals surface area contributed by atoms with Gasteiger partial charge in [-0.2, -0.15) is 0 Å². The summed E-state index contributed by atoms with van der Waals surface area (Å²) in [4.78, 5) is 2.42. The van der Waals surface area contributed by atoms with E-state index < -0.39 is 0 Å². The van der Waals surface area contributed by atoms with Gasteiger partial charge >= 0.3 is 0 Å². The molecular weight excluding hydrogens is 248 g/mol. The molecule has 0 saturated carbocycles. The second-order valence-electron chi connectivity index (χ2n) is 4.07. The normalized spacial score (nSPS) is 12.2. The lowest BCUT2D eigenvalue weighted by molar-refractivity contribution is 0.187. The van der Waals surface area contributed by atoms with Crippen LogP contribution in [0.2, 0.25) is 0 Å². The van der Waals surface area contributed by atoms with Gasteiger partial charge in [-0.05, 0) is 31.3 Å². The van der Waals surface area contributed by atoms with Crippen LogP contribution in [0.15, 0.2) is 11.1 Å². The maximum absolute atomic E-state index is 8.88. The second kappa shape index (κ2) is 13.2. The van der Waals surface area contributed by atoms with E-state index >= 15 is 0 Å². The van der Waals surface area contributed by atoms with Gasteiger partial charge in [0.2, 0.25) is 0 Å². The average molecular weight is 276 g/mol. The van der Waals surface area contributed by atoms with Crippen LogP contribution in [0.4, 0.5) is 0 Å². The summed E-state index contributed by atoms with van der Waals surface area (Å²) in [5, 5.41) is 14.1. The van der Waals surface area contributed by atoms with Gasteiger partial charge in [0.25, 0.3) is 0 Å². The van der Waals surface area contributed by atoms with Crippen molar-refractivity contribution in [3.8, 4) is 0 Å². The summed E-state index contributed by atoms with van der Waals surface area (Å²) in [6.07, 6.45) is 3.00. The molecule has 108 valence electrons. The number of aliphatic hydroxyl groups is 1. The lowest BCUT2D eigenvalue weighted by Crippen LogP contribution is -2.24. The summed E-state index contributed by atoms with van der Waals surface area (Å²) in [6, 6.07) is 0. The molecule has 4 nitrogen and oxygen atoms in total. The van der Waals surface area contributed by atoms with Gasteiger partial charge in [-0.1, -0.05) is 6.92 Å². The SMILES string of the molecule is CCN(CCCCOC)CS/C=C(/CCO)NC. The molecule has 0 aromatic heterocycles. The van der Waals surface area contributed by atoms with Crippen molar-refractivity contribution in [2.75, 3.05) is 46.3 Å². The van der Waals surface area contributed by atoms with E-state index in [2.05, 4.69) is 22.5 Å². The van der Waals surface area contributed by atoms with E-state index in [1.807, 2.05) is 7.05 Å². The Labute approximate surface area is 116 Å². The zero-order chi connectivity index (χ0) is 13.6. The summed E-state index contributed by atoms with van der Waals surface area (Å²) < 4.78 is 5.05. The van der Waals surface area contributed by atoms with Gasteiger partial charge in [0, 0.05) is 45.4 Å². The standard InChI is InChI=1S/C13H28N2O2S/c1-4-15(8-5-6-10-17-3)12-18-11-13(14-2)7-9-16/h11,14,16H,4-10,12H2,1-3H3/b13-11-. The van der Waals surface area contributed by atoms with Crippen LogP contribution in [0.25, 0.3) is 0 Å². The number of nitrogens with one attached hydrogen (secondary N) is 1. The molecule has 0 atom stereocenters. The van der Waals surface area contributed by atoms with Crippen LogP contribution in [0.5, 0.6) is 0 Å². The molecule has 0 amide bonds. The predicted octanol–water partition coefficient (Wildman–Crippen LogP) is 1.87. The van der Waals surface area contributed by atoms with Crippen molar-refractivity contribution in [1.29, 1.82) is 0 Å². The summed E-state index contributed by atoms with van der Waals surface area (Å²) >= 11 is 1.78. The third-order valence-corrected chi connectivity index (χ3v) is 3.67. The van der Waals surface area contributed by atoms with Gasteiger partial charge < -0.3 is 15.2 Å². The smallest absolute Gasteiger partial charge is 0.0486 e. The van der Waals surface area contributed by atoms with Crippen LogP contribution in [0.1, 0.15) is 26.2 Å². The molecule has 0 spiro atoms. The lowest BCUT2D eigenvalue weighted by atomic mass is 10.3. The molecule has 0 unspecified atom stereocenters. The van der Waals surface area contributed by atoms with Crippen LogP contribution in [-0.4, -0.2) is 56.3 Å². The summed E-state index contributed by atoms with van der Waals surface area (Å²) in [5.41, 5.74) is 1.10. The third-order valence-electron chi connectivity index (χ3n) is 2.70. The van der Waals surface area contributed by atoms with E-state index in [1.54, 1.807) is 18.9 Å². The van der Waals surface area contributed by atoms with Crippen LogP contribution < -0.4 is 5.32 Å². The van der Waals surface area contributed by atoms with E-state index in [0.29, 0.717) is 6.42 Å². The Hall–Kier alpha value is -0.230. The maximum Gasteiger partial charge on any atom is 0.0486 e. The highest BCUT2D eigenvalue weighted by molar-refractivity contribution is 8.02. The molecule has 0 rings (SSSR count). The molecule has 18 heavy (non-hydrogen) atoms. The summed E-state index contributed by atoms with van der Waals surface area (Å²) in [7, 11) is 3.64. The fourth-order valence-electron chi connectivity index (χ4n) is 1.50. The molecule has 0 aromatic carbocycles. The van der Waals surface area contributed by atoms with Gasteiger partial charge in [0.15, 0.2) is 0 Å². The first kappa shape index (κ1) is 17.8. The molecule has 0 heterocycles. The van der Waals surface area contributed by atoms with Crippen molar-refractivity contribution in [3.05, 3.63) is 11.1 Å². The zero-order valence-electron chi connectivity index (χ0n) is 11.9. The Kier molecular flexibility index (Phi) is 13.0. The van der Waals surface area contributed by atoms with Crippen LogP contribution in [-0.2, 0) is 4.74 Å². The minimum absolute atomic E-state index is 0.196. The molecule has 5 heteroatoms. The predicted molar refractivity (Wildman–Crippen MR) is 79.7 cm³/mol. The van der Waals surface area contributed by atoms with Gasteiger partial charge in [0.1, 0.15) is 0 Å². The van der Waals surface area contributed by atoms with Crippen LogP contribution >= 0.6 is 11.8 Å². The molecule has 0 aliphatic rings. The van der Waals surface area contributed by atoms with Crippen molar-refractivity contribution in [1.82, 2.24) is 10.2 Å². The monoisotopic (exact) mass is 276 g/mol. The summed E-state index contributed by atoms with van der Waals surface area (Å²) in [5.74, 6) is 1.00. The fourth-order valence-corrected chi connectivity index (χ4v) is 2.54. The van der Waals surface area contributed by atoms with Gasteiger partial charge in [0.05, 0.1) is 0 Å². The van der Waals surface area contributed by atoms with Crippen LogP contribution in [0.3, 0.4) is 0 Å². The van der Waals surface area contributed by atoms with E-state index in [9.17, 15) is 0 Å². The highest BCUT2D eigenvalue weighted by atomic mass is 32.2. The Morgan fingerprint density at radius 1 is 1.44 bits per heavy atom. The van der Waals surface area contributed by atoms with E-state index in [0.717, 1.165) is 37.7 Å². The number of ether oxygens (including phenoxy) is 1. The molecule has 0 bridgehead atoms.